The van der Waals surface area contributed by atoms with E-state index in [2.05, 4.69) is 5.32 Å². The third-order valence-electron chi connectivity index (χ3n) is 5.74. The van der Waals surface area contributed by atoms with Crippen LogP contribution in [0.15, 0.2) is 48.0 Å². The smallest absolute Gasteiger partial charge is 0.320 e. The van der Waals surface area contributed by atoms with Crippen LogP contribution in [0.2, 0.25) is 0 Å². The summed E-state index contributed by atoms with van der Waals surface area (Å²) in [5.41, 5.74) is 13.0. The maximum absolute atomic E-state index is 13.1. The number of ether oxygens (including phenoxy) is 1. The molecule has 2 aromatic rings. The first-order chi connectivity index (χ1) is 17.5. The van der Waals surface area contributed by atoms with Gasteiger partial charge in [0.1, 0.15) is 17.7 Å². The number of sulfonamides is 1. The van der Waals surface area contributed by atoms with E-state index in [0.717, 1.165) is 30.2 Å². The minimum atomic E-state index is -4.33. The number of nitrogens with two attached hydrogens (primary N) is 2. The number of carboxylic acid groups (broad SMARTS) is 1. The number of carbonyl (C=O) groups excluding carboxylic acids is 1. The molecule has 0 atom stereocenters. The number of hydrogen-bond acceptors (Lipinski definition) is 7. The number of amidine groups is 1. The highest BCUT2D eigenvalue weighted by molar-refractivity contribution is 7.93. The van der Waals surface area contributed by atoms with Crippen LogP contribution in [0.4, 0.5) is 5.69 Å². The molecule has 7 N–H and O–H groups in total. The van der Waals surface area contributed by atoms with Crippen molar-refractivity contribution in [2.24, 2.45) is 11.5 Å². The van der Waals surface area contributed by atoms with Gasteiger partial charge in [0.25, 0.3) is 5.91 Å². The molecule has 1 aliphatic rings. The van der Waals surface area contributed by atoms with Crippen molar-refractivity contribution >= 4 is 39.5 Å². The van der Waals surface area contributed by atoms with Crippen LogP contribution in [0.25, 0.3) is 6.08 Å². The molecule has 2 aromatic carbocycles. The Labute approximate surface area is 215 Å². The number of carbonyl (C=O) groups is 2. The van der Waals surface area contributed by atoms with Gasteiger partial charge >= 0.3 is 5.97 Å². The predicted molar refractivity (Wildman–Crippen MR) is 141 cm³/mol. The molecule has 1 saturated heterocycles. The van der Waals surface area contributed by atoms with E-state index >= 15 is 0 Å². The van der Waals surface area contributed by atoms with E-state index in [4.69, 9.17) is 21.6 Å². The van der Waals surface area contributed by atoms with E-state index < -0.39 is 27.7 Å². The maximum atomic E-state index is 13.1. The number of primary amides is 1. The number of nitrogen functional groups attached to an aromatic ring is 1. The number of benzene rings is 2. The predicted octanol–water partition coefficient (Wildman–Crippen LogP) is 1.52. The lowest BCUT2D eigenvalue weighted by atomic mass is 10.1. The number of amides is 1. The highest BCUT2D eigenvalue weighted by Crippen LogP contribution is 2.29. The zero-order valence-corrected chi connectivity index (χ0v) is 21.3. The Bertz CT molecular complexity index is 1320. The number of aliphatic carboxylic acids is 1. The minimum absolute atomic E-state index is 0.00218. The van der Waals surface area contributed by atoms with Gasteiger partial charge in [-0.05, 0) is 62.7 Å². The molecule has 1 heterocycles. The van der Waals surface area contributed by atoms with E-state index in [9.17, 15) is 23.1 Å². The van der Waals surface area contributed by atoms with Crippen molar-refractivity contribution in [1.29, 1.82) is 5.41 Å². The molecule has 37 heavy (non-hydrogen) atoms. The van der Waals surface area contributed by atoms with Gasteiger partial charge in [-0.3, -0.25) is 19.3 Å². The number of hydrogen-bond donors (Lipinski definition) is 5. The second-order valence-electron chi connectivity index (χ2n) is 8.80. The molecule has 12 heteroatoms. The third kappa shape index (κ3) is 7.54. The maximum Gasteiger partial charge on any atom is 0.320 e. The van der Waals surface area contributed by atoms with Crippen molar-refractivity contribution < 1.29 is 27.9 Å². The molecule has 0 bridgehead atoms. The largest absolute Gasteiger partial charge is 0.489 e. The fourth-order valence-electron chi connectivity index (χ4n) is 4.00. The quantitative estimate of drug-likeness (QED) is 0.214. The summed E-state index contributed by atoms with van der Waals surface area (Å²) in [6.07, 6.45) is 3.08. The molecular formula is C25H31N5O6S. The summed E-state index contributed by atoms with van der Waals surface area (Å²) in [5.74, 6) is -3.31. The molecule has 11 nitrogen and oxygen atoms in total. The Morgan fingerprint density at radius 2 is 1.89 bits per heavy atom. The van der Waals surface area contributed by atoms with Gasteiger partial charge in [0.05, 0.1) is 17.8 Å². The van der Waals surface area contributed by atoms with E-state index in [0.29, 0.717) is 16.7 Å². The Kier molecular flexibility index (Phi) is 8.90. The van der Waals surface area contributed by atoms with Gasteiger partial charge in [0.2, 0.25) is 10.0 Å². The van der Waals surface area contributed by atoms with Gasteiger partial charge in [-0.1, -0.05) is 29.8 Å². The van der Waals surface area contributed by atoms with Crippen LogP contribution in [0.5, 0.6) is 5.75 Å². The number of piperidine rings is 1. The lowest BCUT2D eigenvalue weighted by Gasteiger charge is -2.27. The van der Waals surface area contributed by atoms with Crippen molar-refractivity contribution in [3.05, 3.63) is 64.7 Å². The average molecular weight is 530 g/mol. The van der Waals surface area contributed by atoms with Crippen molar-refractivity contribution in [2.45, 2.75) is 25.9 Å². The monoisotopic (exact) mass is 529 g/mol. The summed E-state index contributed by atoms with van der Waals surface area (Å²) in [6.45, 7) is 3.05. The Balaban J connectivity index is 1.98. The third-order valence-corrected chi connectivity index (χ3v) is 7.36. The van der Waals surface area contributed by atoms with Crippen LogP contribution in [0.3, 0.4) is 0 Å². The lowest BCUT2D eigenvalue weighted by molar-refractivity contribution is -0.134. The summed E-state index contributed by atoms with van der Waals surface area (Å²) in [6, 6.07) is 11.1. The first kappa shape index (κ1) is 27.7. The normalized spacial score (nSPS) is 14.7. The number of anilines is 1. The number of nitrogens with one attached hydrogen (secondary N) is 2. The highest BCUT2D eigenvalue weighted by atomic mass is 32.2. The Hall–Kier alpha value is -3.90. The molecule has 1 aliphatic heterocycles. The van der Waals surface area contributed by atoms with Crippen LogP contribution < -0.4 is 25.8 Å². The first-order valence-electron chi connectivity index (χ1n) is 11.6. The molecule has 0 aromatic heterocycles. The van der Waals surface area contributed by atoms with E-state index in [-0.39, 0.29) is 35.5 Å². The van der Waals surface area contributed by atoms with Crippen molar-refractivity contribution in [3.63, 3.8) is 0 Å². The lowest BCUT2D eigenvalue weighted by Crippen LogP contribution is -2.37. The van der Waals surface area contributed by atoms with Gasteiger partial charge in [0.15, 0.2) is 5.75 Å². The zero-order chi connectivity index (χ0) is 27.2. The van der Waals surface area contributed by atoms with E-state index in [1.807, 2.05) is 0 Å². The summed E-state index contributed by atoms with van der Waals surface area (Å²) >= 11 is 0. The molecule has 0 unspecified atom stereocenters. The van der Waals surface area contributed by atoms with Gasteiger partial charge in [-0.2, -0.15) is 0 Å². The van der Waals surface area contributed by atoms with Crippen LogP contribution >= 0.6 is 0 Å². The number of nitrogens with zero attached hydrogens (tertiary/aromatic N) is 1. The molecular weight excluding hydrogens is 498 g/mol. The highest BCUT2D eigenvalue weighted by Gasteiger charge is 2.28. The molecule has 0 spiro atoms. The number of rotatable bonds is 11. The van der Waals surface area contributed by atoms with Gasteiger partial charge < -0.3 is 26.6 Å². The van der Waals surface area contributed by atoms with Gasteiger partial charge in [0, 0.05) is 5.56 Å². The van der Waals surface area contributed by atoms with Gasteiger partial charge in [-0.15, -0.1) is 0 Å². The summed E-state index contributed by atoms with van der Waals surface area (Å²) in [5, 5.41) is 20.0. The van der Waals surface area contributed by atoms with Crippen LogP contribution in [-0.4, -0.2) is 62.7 Å². The van der Waals surface area contributed by atoms with E-state index in [1.54, 1.807) is 37.3 Å². The molecule has 1 amide bonds. The molecule has 0 saturated carbocycles. The molecule has 0 aliphatic carbocycles. The molecule has 0 radical (unpaired) electrons. The Morgan fingerprint density at radius 3 is 2.51 bits per heavy atom. The van der Waals surface area contributed by atoms with Crippen molar-refractivity contribution in [3.8, 4) is 5.75 Å². The van der Waals surface area contributed by atoms with Crippen molar-refractivity contribution in [1.82, 2.24) is 5.32 Å². The SMILES string of the molecule is CC(=Cc1cccc(C(=N)N)c1)CN(c1ccc(OC2CCNCC2)c(C(N)=O)c1)S(=O)(=O)CC(=O)O. The molecule has 198 valence electrons. The standard InChI is InChI=1S/C25H31N5O6S/c1-16(11-17-3-2-4-18(12-17)24(26)27)14-30(37(34,35)15-23(31)32)19-5-6-22(21(13-19)25(28)33)36-20-7-9-29-10-8-20/h2-6,11-13,20,29H,7-10,14-15H2,1H3,(H3,26,27)(H2,28,33)(H,31,32). The second-order valence-corrected chi connectivity index (χ2v) is 10.7. The van der Waals surface area contributed by atoms with Crippen LogP contribution in [0, 0.1) is 5.41 Å². The minimum Gasteiger partial charge on any atom is -0.489 e. The summed E-state index contributed by atoms with van der Waals surface area (Å²) in [4.78, 5) is 23.6. The average Bonchev–Trinajstić information content (AvgIpc) is 2.82. The Morgan fingerprint density at radius 1 is 1.19 bits per heavy atom. The van der Waals surface area contributed by atoms with Crippen LogP contribution in [0.1, 0.15) is 41.3 Å². The summed E-state index contributed by atoms with van der Waals surface area (Å²) < 4.78 is 33.1. The zero-order valence-electron chi connectivity index (χ0n) is 20.4. The second kappa shape index (κ2) is 11.9. The molecule has 3 rings (SSSR count). The van der Waals surface area contributed by atoms with Crippen LogP contribution in [-0.2, 0) is 14.8 Å². The van der Waals surface area contributed by atoms with Crippen molar-refractivity contribution in [2.75, 3.05) is 29.7 Å². The molecule has 1 fully saturated rings. The first-order valence-corrected chi connectivity index (χ1v) is 13.2. The fourth-order valence-corrected chi connectivity index (χ4v) is 5.30. The number of carboxylic acids is 1. The summed E-state index contributed by atoms with van der Waals surface area (Å²) in [7, 11) is -4.33. The topological polar surface area (TPSA) is 189 Å². The van der Waals surface area contributed by atoms with E-state index in [1.165, 1.54) is 18.2 Å². The van der Waals surface area contributed by atoms with Gasteiger partial charge in [-0.25, -0.2) is 8.42 Å². The fraction of sp³-hybridized carbons (Fsp3) is 0.320.